The van der Waals surface area contributed by atoms with Gasteiger partial charge in [-0.3, -0.25) is 14.5 Å². The first kappa shape index (κ1) is 22.3. The van der Waals surface area contributed by atoms with E-state index in [0.717, 1.165) is 31.4 Å². The van der Waals surface area contributed by atoms with Gasteiger partial charge in [0.05, 0.1) is 25.1 Å². The molecule has 0 spiro atoms. The third-order valence-electron chi connectivity index (χ3n) is 3.98. The van der Waals surface area contributed by atoms with Crippen LogP contribution in [-0.4, -0.2) is 29.7 Å². The molecule has 1 saturated heterocycles. The molecule has 0 aromatic heterocycles. The van der Waals surface area contributed by atoms with Gasteiger partial charge >= 0.3 is 0 Å². The Hall–Kier alpha value is -1.42. The molecule has 5 nitrogen and oxygen atoms in total. The Morgan fingerprint density at radius 1 is 1.14 bits per heavy atom. The predicted molar refractivity (Wildman–Crippen MR) is 125 cm³/mol. The smallest absolute Gasteiger partial charge is 0.293 e. The fourth-order valence-electron chi connectivity index (χ4n) is 2.56. The Morgan fingerprint density at radius 2 is 1.90 bits per heavy atom. The first-order chi connectivity index (χ1) is 13.8. The van der Waals surface area contributed by atoms with Crippen molar-refractivity contribution in [3.63, 3.8) is 0 Å². The lowest BCUT2D eigenvalue weighted by Gasteiger charge is -2.15. The van der Waals surface area contributed by atoms with E-state index in [0.29, 0.717) is 39.7 Å². The number of nitrogens with zero attached hydrogens (tertiary/aromatic N) is 1. The number of benzene rings is 2. The molecule has 0 saturated carbocycles. The molecule has 0 unspecified atom stereocenters. The maximum absolute atomic E-state index is 12.1. The van der Waals surface area contributed by atoms with Crippen LogP contribution in [0.25, 0.3) is 6.08 Å². The van der Waals surface area contributed by atoms with Crippen LogP contribution in [0.15, 0.2) is 35.2 Å². The van der Waals surface area contributed by atoms with Gasteiger partial charge in [0, 0.05) is 7.05 Å². The van der Waals surface area contributed by atoms with Crippen LogP contribution in [0.1, 0.15) is 18.1 Å². The lowest BCUT2D eigenvalue weighted by Crippen LogP contribution is -2.22. The van der Waals surface area contributed by atoms with E-state index in [-0.39, 0.29) is 11.1 Å². The van der Waals surface area contributed by atoms with E-state index in [1.807, 2.05) is 19.1 Å². The molecule has 0 N–H and O–H groups in total. The molecule has 152 valence electrons. The number of amides is 2. The van der Waals surface area contributed by atoms with Crippen molar-refractivity contribution in [2.45, 2.75) is 13.5 Å². The summed E-state index contributed by atoms with van der Waals surface area (Å²) in [7, 11) is 1.47. The van der Waals surface area contributed by atoms with Gasteiger partial charge in [-0.15, -0.1) is 0 Å². The topological polar surface area (TPSA) is 55.8 Å². The molecule has 1 aliphatic rings. The average Bonchev–Trinajstić information content (AvgIpc) is 2.91. The molecule has 0 radical (unpaired) electrons. The highest BCUT2D eigenvalue weighted by Crippen LogP contribution is 2.37. The summed E-state index contributed by atoms with van der Waals surface area (Å²) in [6, 6.07) is 8.99. The van der Waals surface area contributed by atoms with Crippen molar-refractivity contribution in [1.29, 1.82) is 0 Å². The fourth-order valence-corrected chi connectivity index (χ4v) is 4.49. The van der Waals surface area contributed by atoms with E-state index in [1.165, 1.54) is 7.05 Å². The maximum atomic E-state index is 12.1. The van der Waals surface area contributed by atoms with Gasteiger partial charge in [0.25, 0.3) is 11.1 Å². The van der Waals surface area contributed by atoms with Crippen molar-refractivity contribution in [2.75, 3.05) is 13.7 Å². The number of thioether (sulfide) groups is 1. The molecule has 1 fully saturated rings. The Morgan fingerprint density at radius 3 is 2.52 bits per heavy atom. The van der Waals surface area contributed by atoms with Gasteiger partial charge in [-0.2, -0.15) is 0 Å². The summed E-state index contributed by atoms with van der Waals surface area (Å²) in [5, 5.41) is 0.663. The minimum atomic E-state index is -0.312. The van der Waals surface area contributed by atoms with Gasteiger partial charge in [-0.25, -0.2) is 0 Å². The highest BCUT2D eigenvalue weighted by Gasteiger charge is 2.31. The Bertz CT molecular complexity index is 1010. The summed E-state index contributed by atoms with van der Waals surface area (Å²) in [6.45, 7) is 2.62. The predicted octanol–water partition coefficient (Wildman–Crippen LogP) is 6.24. The molecule has 2 aromatic rings. The van der Waals surface area contributed by atoms with Crippen LogP contribution >= 0.6 is 57.6 Å². The van der Waals surface area contributed by atoms with Crippen LogP contribution in [0.4, 0.5) is 4.79 Å². The summed E-state index contributed by atoms with van der Waals surface area (Å²) in [5.74, 6) is 0.841. The molecular weight excluding hydrogens is 548 g/mol. The van der Waals surface area contributed by atoms with E-state index in [2.05, 4.69) is 22.6 Å². The first-order valence-electron chi connectivity index (χ1n) is 8.54. The van der Waals surface area contributed by atoms with Crippen LogP contribution in [0.2, 0.25) is 10.0 Å². The molecule has 29 heavy (non-hydrogen) atoms. The Kier molecular flexibility index (Phi) is 7.37. The number of hydrogen-bond acceptors (Lipinski definition) is 5. The number of halogens is 3. The SMILES string of the molecule is CCOc1cc(/C=C2\SC(=O)N(C)C2=O)cc(I)c1OCc1ccc(Cl)c(Cl)c1. The number of imide groups is 1. The zero-order valence-electron chi connectivity index (χ0n) is 15.5. The zero-order valence-corrected chi connectivity index (χ0v) is 20.0. The van der Waals surface area contributed by atoms with Crippen LogP contribution in [-0.2, 0) is 11.4 Å². The Labute approximate surface area is 196 Å². The van der Waals surface area contributed by atoms with Crippen LogP contribution in [0.3, 0.4) is 0 Å². The van der Waals surface area contributed by atoms with Gasteiger partial charge in [0.15, 0.2) is 11.5 Å². The van der Waals surface area contributed by atoms with Gasteiger partial charge in [-0.05, 0) is 82.7 Å². The van der Waals surface area contributed by atoms with Crippen LogP contribution in [0.5, 0.6) is 11.5 Å². The highest BCUT2D eigenvalue weighted by molar-refractivity contribution is 14.1. The van der Waals surface area contributed by atoms with Crippen molar-refractivity contribution in [3.8, 4) is 11.5 Å². The molecule has 2 amide bonds. The average molecular weight is 564 g/mol. The van der Waals surface area contributed by atoms with E-state index in [1.54, 1.807) is 24.3 Å². The normalized spacial score (nSPS) is 15.3. The molecule has 0 bridgehead atoms. The maximum Gasteiger partial charge on any atom is 0.293 e. The summed E-state index contributed by atoms with van der Waals surface area (Å²) in [5.41, 5.74) is 1.62. The van der Waals surface area contributed by atoms with Gasteiger partial charge in [0.2, 0.25) is 0 Å². The van der Waals surface area contributed by atoms with Crippen LogP contribution in [0, 0.1) is 3.57 Å². The zero-order chi connectivity index (χ0) is 21.1. The van der Waals surface area contributed by atoms with Crippen molar-refractivity contribution in [3.05, 3.63) is 60.0 Å². The number of carbonyl (C=O) groups excluding carboxylic acids is 2. The number of hydrogen-bond donors (Lipinski definition) is 0. The second kappa shape index (κ2) is 9.59. The molecular formula is C20H16Cl2INO4S. The molecule has 3 rings (SSSR count). The van der Waals surface area contributed by atoms with Crippen molar-refractivity contribution in [2.24, 2.45) is 0 Å². The number of ether oxygens (including phenoxy) is 2. The standard InChI is InChI=1S/C20H16Cl2INO4S/c1-3-27-16-8-12(9-17-19(25)24(2)20(26)29-17)7-15(23)18(16)28-10-11-4-5-13(21)14(22)6-11/h4-9H,3,10H2,1-2H3/b17-9-. The van der Waals surface area contributed by atoms with E-state index >= 15 is 0 Å². The lowest BCUT2D eigenvalue weighted by molar-refractivity contribution is -0.121. The van der Waals surface area contributed by atoms with E-state index in [9.17, 15) is 9.59 Å². The largest absolute Gasteiger partial charge is 0.490 e. The van der Waals surface area contributed by atoms with Gasteiger partial charge in [-0.1, -0.05) is 29.3 Å². The third-order valence-corrected chi connectivity index (χ3v) is 6.48. The van der Waals surface area contributed by atoms with E-state index < -0.39 is 0 Å². The van der Waals surface area contributed by atoms with Crippen molar-refractivity contribution in [1.82, 2.24) is 4.90 Å². The number of rotatable bonds is 6. The fraction of sp³-hybridized carbons (Fsp3) is 0.200. The highest BCUT2D eigenvalue weighted by atomic mass is 127. The van der Waals surface area contributed by atoms with E-state index in [4.69, 9.17) is 32.7 Å². The molecule has 0 aliphatic carbocycles. The van der Waals surface area contributed by atoms with Crippen molar-refractivity contribution < 1.29 is 19.1 Å². The van der Waals surface area contributed by atoms with Crippen LogP contribution < -0.4 is 9.47 Å². The quantitative estimate of drug-likeness (QED) is 0.307. The van der Waals surface area contributed by atoms with Gasteiger partial charge in [0.1, 0.15) is 6.61 Å². The first-order valence-corrected chi connectivity index (χ1v) is 11.2. The summed E-state index contributed by atoms with van der Waals surface area (Å²) in [4.78, 5) is 25.3. The number of likely N-dealkylation sites (N-methyl/N-ethyl adjacent to an activating group) is 1. The second-order valence-electron chi connectivity index (χ2n) is 6.04. The molecule has 0 atom stereocenters. The summed E-state index contributed by atoms with van der Waals surface area (Å²) < 4.78 is 12.6. The summed E-state index contributed by atoms with van der Waals surface area (Å²) >= 11 is 15.1. The monoisotopic (exact) mass is 563 g/mol. The van der Waals surface area contributed by atoms with Gasteiger partial charge < -0.3 is 9.47 Å². The van der Waals surface area contributed by atoms with Crippen molar-refractivity contribution >= 4 is 74.8 Å². The minimum Gasteiger partial charge on any atom is -0.490 e. The third kappa shape index (κ3) is 5.20. The second-order valence-corrected chi connectivity index (χ2v) is 9.01. The number of carbonyl (C=O) groups is 2. The lowest BCUT2D eigenvalue weighted by atomic mass is 10.1. The molecule has 1 aliphatic heterocycles. The Balaban J connectivity index is 1.87. The minimum absolute atomic E-state index is 0.289. The molecule has 9 heteroatoms. The summed E-state index contributed by atoms with van der Waals surface area (Å²) in [6.07, 6.45) is 1.68. The molecule has 2 aromatic carbocycles. The molecule has 1 heterocycles.